The zero-order valence-electron chi connectivity index (χ0n) is 9.98. The first kappa shape index (κ1) is 14.8. The van der Waals surface area contributed by atoms with Crippen molar-refractivity contribution in [2.45, 2.75) is 19.0 Å². The molecule has 0 amide bonds. The number of nitrogens with zero attached hydrogens (tertiary/aromatic N) is 1. The van der Waals surface area contributed by atoms with Gasteiger partial charge in [-0.2, -0.15) is 0 Å². The summed E-state index contributed by atoms with van der Waals surface area (Å²) in [6, 6.07) is 0.205. The maximum absolute atomic E-state index is 9.21. The summed E-state index contributed by atoms with van der Waals surface area (Å²) in [4.78, 5) is 2.12. The summed E-state index contributed by atoms with van der Waals surface area (Å²) in [6.45, 7) is 4.56. The summed E-state index contributed by atoms with van der Waals surface area (Å²) in [7, 11) is 3.33. The second-order valence-electron chi connectivity index (χ2n) is 3.61. The van der Waals surface area contributed by atoms with Crippen LogP contribution in [0.4, 0.5) is 0 Å². The van der Waals surface area contributed by atoms with Crippen LogP contribution in [0.5, 0.6) is 0 Å². The van der Waals surface area contributed by atoms with Crippen LogP contribution in [-0.4, -0.2) is 69.2 Å². The van der Waals surface area contributed by atoms with Gasteiger partial charge in [0, 0.05) is 39.4 Å². The Hall–Kier alpha value is -0.200. The lowest BCUT2D eigenvalue weighted by Crippen LogP contribution is -2.50. The predicted octanol–water partition coefficient (Wildman–Crippen LogP) is -0.711. The molecule has 5 nitrogen and oxygen atoms in total. The highest BCUT2D eigenvalue weighted by Crippen LogP contribution is 2.05. The van der Waals surface area contributed by atoms with E-state index in [9.17, 15) is 5.11 Å². The molecule has 2 atom stereocenters. The first-order valence-electron chi connectivity index (χ1n) is 5.25. The zero-order chi connectivity index (χ0) is 11.7. The van der Waals surface area contributed by atoms with Crippen LogP contribution in [0.15, 0.2) is 0 Å². The Bertz CT molecular complexity index is 143. The Morgan fingerprint density at radius 3 is 2.40 bits per heavy atom. The fourth-order valence-corrected chi connectivity index (χ4v) is 1.61. The first-order chi connectivity index (χ1) is 7.21. The molecule has 0 aromatic carbocycles. The topological polar surface area (TPSA) is 68.0 Å². The summed E-state index contributed by atoms with van der Waals surface area (Å²) in [6.07, 6.45) is 0. The number of aliphatic hydroxyl groups is 1. The van der Waals surface area contributed by atoms with Crippen molar-refractivity contribution in [3.8, 4) is 0 Å². The van der Waals surface area contributed by atoms with Crippen LogP contribution >= 0.6 is 0 Å². The van der Waals surface area contributed by atoms with Gasteiger partial charge in [0.2, 0.25) is 0 Å². The highest BCUT2D eigenvalue weighted by molar-refractivity contribution is 4.76. The molecule has 0 aromatic heterocycles. The van der Waals surface area contributed by atoms with E-state index in [0.717, 1.165) is 6.54 Å². The van der Waals surface area contributed by atoms with Gasteiger partial charge in [-0.1, -0.05) is 0 Å². The van der Waals surface area contributed by atoms with E-state index < -0.39 is 0 Å². The van der Waals surface area contributed by atoms with Gasteiger partial charge in [0.1, 0.15) is 0 Å². The van der Waals surface area contributed by atoms with Crippen molar-refractivity contribution in [3.63, 3.8) is 0 Å². The lowest BCUT2D eigenvalue weighted by Gasteiger charge is -2.34. The average Bonchev–Trinajstić information content (AvgIpc) is 2.24. The lowest BCUT2D eigenvalue weighted by molar-refractivity contribution is 0.0300. The van der Waals surface area contributed by atoms with Crippen molar-refractivity contribution >= 4 is 0 Å². The normalized spacial score (nSPS) is 15.6. The van der Waals surface area contributed by atoms with E-state index in [-0.39, 0.29) is 18.7 Å². The summed E-state index contributed by atoms with van der Waals surface area (Å²) in [5.74, 6) is 0. The highest BCUT2D eigenvalue weighted by Gasteiger charge is 2.21. The van der Waals surface area contributed by atoms with Crippen molar-refractivity contribution < 1.29 is 14.6 Å². The van der Waals surface area contributed by atoms with E-state index in [1.165, 1.54) is 0 Å². The van der Waals surface area contributed by atoms with Crippen LogP contribution in [0.1, 0.15) is 6.92 Å². The average molecular weight is 220 g/mol. The fraction of sp³-hybridized carbons (Fsp3) is 1.00. The minimum absolute atomic E-state index is 0.0229. The van der Waals surface area contributed by atoms with Crippen LogP contribution in [0.2, 0.25) is 0 Å². The molecule has 0 saturated carbocycles. The lowest BCUT2D eigenvalue weighted by atomic mass is 10.2. The van der Waals surface area contributed by atoms with Crippen LogP contribution in [0.3, 0.4) is 0 Å². The summed E-state index contributed by atoms with van der Waals surface area (Å²) >= 11 is 0. The molecule has 2 unspecified atom stereocenters. The Morgan fingerprint density at radius 2 is 2.00 bits per heavy atom. The molecular formula is C10H24N2O3. The first-order valence-corrected chi connectivity index (χ1v) is 5.25. The zero-order valence-corrected chi connectivity index (χ0v) is 9.98. The van der Waals surface area contributed by atoms with Gasteiger partial charge in [0.25, 0.3) is 0 Å². The van der Waals surface area contributed by atoms with Gasteiger partial charge < -0.3 is 20.3 Å². The van der Waals surface area contributed by atoms with E-state index in [1.807, 2.05) is 0 Å². The largest absolute Gasteiger partial charge is 0.395 e. The Balaban J connectivity index is 4.25. The van der Waals surface area contributed by atoms with Gasteiger partial charge in [0.15, 0.2) is 0 Å². The van der Waals surface area contributed by atoms with Crippen molar-refractivity contribution in [2.75, 3.05) is 47.1 Å². The number of ether oxygens (including phenoxy) is 2. The third-order valence-electron chi connectivity index (χ3n) is 2.48. The third-order valence-corrected chi connectivity index (χ3v) is 2.48. The van der Waals surface area contributed by atoms with Crippen molar-refractivity contribution in [1.29, 1.82) is 0 Å². The number of hydrogen-bond acceptors (Lipinski definition) is 5. The minimum atomic E-state index is -0.0229. The molecule has 0 saturated heterocycles. The summed E-state index contributed by atoms with van der Waals surface area (Å²) < 4.78 is 10.1. The quantitative estimate of drug-likeness (QED) is 0.537. The molecule has 0 radical (unpaired) electrons. The van der Waals surface area contributed by atoms with Crippen molar-refractivity contribution in [1.82, 2.24) is 4.90 Å². The molecule has 0 fully saturated rings. The van der Waals surface area contributed by atoms with Gasteiger partial charge >= 0.3 is 0 Å². The SMILES string of the molecule is COCCN(C(C)COC)C(CN)CO. The molecule has 92 valence electrons. The molecule has 3 N–H and O–H groups in total. The number of nitrogens with two attached hydrogens (primary N) is 1. The molecule has 5 heteroatoms. The van der Waals surface area contributed by atoms with Crippen molar-refractivity contribution in [3.05, 3.63) is 0 Å². The van der Waals surface area contributed by atoms with Gasteiger partial charge in [-0.15, -0.1) is 0 Å². The van der Waals surface area contributed by atoms with Gasteiger partial charge in [0.05, 0.1) is 19.8 Å². The number of rotatable bonds is 9. The van der Waals surface area contributed by atoms with E-state index >= 15 is 0 Å². The molecule has 0 spiro atoms. The van der Waals surface area contributed by atoms with Gasteiger partial charge in [-0.3, -0.25) is 4.90 Å². The second-order valence-corrected chi connectivity index (χ2v) is 3.61. The molecular weight excluding hydrogens is 196 g/mol. The Kier molecular flexibility index (Phi) is 8.94. The van der Waals surface area contributed by atoms with Crippen molar-refractivity contribution in [2.24, 2.45) is 5.73 Å². The molecule has 0 aliphatic rings. The third kappa shape index (κ3) is 5.44. The molecule has 0 rings (SSSR count). The highest BCUT2D eigenvalue weighted by atomic mass is 16.5. The van der Waals surface area contributed by atoms with E-state index in [1.54, 1.807) is 14.2 Å². The van der Waals surface area contributed by atoms with Gasteiger partial charge in [-0.25, -0.2) is 0 Å². The molecule has 0 bridgehead atoms. The molecule has 15 heavy (non-hydrogen) atoms. The van der Waals surface area contributed by atoms with Crippen LogP contribution in [-0.2, 0) is 9.47 Å². The van der Waals surface area contributed by atoms with Gasteiger partial charge in [-0.05, 0) is 6.92 Å². The molecule has 0 aliphatic heterocycles. The Morgan fingerprint density at radius 1 is 1.33 bits per heavy atom. The monoisotopic (exact) mass is 220 g/mol. The van der Waals surface area contributed by atoms with Crippen LogP contribution in [0.25, 0.3) is 0 Å². The number of methoxy groups -OCH3 is 2. The fourth-order valence-electron chi connectivity index (χ4n) is 1.61. The number of aliphatic hydroxyl groups excluding tert-OH is 1. The minimum Gasteiger partial charge on any atom is -0.395 e. The Labute approximate surface area is 92.1 Å². The second kappa shape index (κ2) is 9.06. The maximum Gasteiger partial charge on any atom is 0.0615 e. The number of hydrogen-bond donors (Lipinski definition) is 2. The van der Waals surface area contributed by atoms with E-state index in [2.05, 4.69) is 11.8 Å². The maximum atomic E-state index is 9.21. The van der Waals surface area contributed by atoms with E-state index in [4.69, 9.17) is 15.2 Å². The predicted molar refractivity (Wildman–Crippen MR) is 59.8 cm³/mol. The van der Waals surface area contributed by atoms with Crippen LogP contribution in [0, 0.1) is 0 Å². The standard InChI is InChI=1S/C10H24N2O3/c1-9(8-15-3)12(4-5-14-2)10(6-11)7-13/h9-10,13H,4-8,11H2,1-3H3. The summed E-state index contributed by atoms with van der Waals surface area (Å²) in [5, 5.41) is 9.21. The van der Waals surface area contributed by atoms with Crippen LogP contribution < -0.4 is 5.73 Å². The molecule has 0 aliphatic carbocycles. The smallest absolute Gasteiger partial charge is 0.0615 e. The summed E-state index contributed by atoms with van der Waals surface area (Å²) in [5.41, 5.74) is 5.61. The molecule has 0 aromatic rings. The molecule has 0 heterocycles. The van der Waals surface area contributed by atoms with E-state index in [0.29, 0.717) is 19.8 Å².